The first-order valence-corrected chi connectivity index (χ1v) is 9.42. The van der Waals surface area contributed by atoms with Crippen molar-refractivity contribution in [2.24, 2.45) is 0 Å². The Kier molecular flexibility index (Phi) is 5.13. The number of hydrogen-bond donors (Lipinski definition) is 2. The fourth-order valence-corrected chi connectivity index (χ4v) is 4.12. The van der Waals surface area contributed by atoms with Crippen molar-refractivity contribution in [3.05, 3.63) is 42.1 Å². The highest BCUT2D eigenvalue weighted by Gasteiger charge is 2.38. The SMILES string of the molecule is COc1cccc(C2CC(N[C@H]3CN(c4ccnc(N)n4)C[C@H]3OC)C2)c1. The summed E-state index contributed by atoms with van der Waals surface area (Å²) in [5, 5.41) is 3.79. The normalized spacial score (nSPS) is 27.4. The van der Waals surface area contributed by atoms with Gasteiger partial charge in [0.05, 0.1) is 19.3 Å². The molecule has 0 bridgehead atoms. The molecule has 27 heavy (non-hydrogen) atoms. The van der Waals surface area contributed by atoms with Crippen LogP contribution in [0.15, 0.2) is 36.5 Å². The van der Waals surface area contributed by atoms with Crippen molar-refractivity contribution in [2.45, 2.75) is 36.9 Å². The number of rotatable bonds is 6. The molecule has 2 aromatic rings. The number of methoxy groups -OCH3 is 2. The van der Waals surface area contributed by atoms with Gasteiger partial charge in [-0.05, 0) is 42.5 Å². The fourth-order valence-electron chi connectivity index (χ4n) is 4.12. The van der Waals surface area contributed by atoms with E-state index in [0.29, 0.717) is 17.9 Å². The largest absolute Gasteiger partial charge is 0.497 e. The molecule has 144 valence electrons. The second-order valence-corrected chi connectivity index (χ2v) is 7.37. The molecule has 7 heteroatoms. The van der Waals surface area contributed by atoms with Crippen LogP contribution in [0, 0.1) is 0 Å². The Morgan fingerprint density at radius 2 is 2.04 bits per heavy atom. The molecule has 2 fully saturated rings. The van der Waals surface area contributed by atoms with Crippen LogP contribution in [0.5, 0.6) is 5.75 Å². The lowest BCUT2D eigenvalue weighted by Gasteiger charge is -2.39. The highest BCUT2D eigenvalue weighted by Crippen LogP contribution is 2.38. The Labute approximate surface area is 159 Å². The van der Waals surface area contributed by atoms with Crippen LogP contribution < -0.4 is 20.7 Å². The van der Waals surface area contributed by atoms with E-state index in [4.69, 9.17) is 15.2 Å². The van der Waals surface area contributed by atoms with Gasteiger partial charge in [0.2, 0.25) is 5.95 Å². The third-order valence-electron chi connectivity index (χ3n) is 5.71. The summed E-state index contributed by atoms with van der Waals surface area (Å²) in [6.07, 6.45) is 4.11. The summed E-state index contributed by atoms with van der Waals surface area (Å²) in [7, 11) is 3.49. The Morgan fingerprint density at radius 3 is 2.78 bits per heavy atom. The number of aromatic nitrogens is 2. The van der Waals surface area contributed by atoms with Crippen LogP contribution in [0.3, 0.4) is 0 Å². The van der Waals surface area contributed by atoms with Gasteiger partial charge in [-0.3, -0.25) is 0 Å². The lowest BCUT2D eigenvalue weighted by Crippen LogP contribution is -2.50. The zero-order chi connectivity index (χ0) is 18.8. The van der Waals surface area contributed by atoms with Crippen LogP contribution >= 0.6 is 0 Å². The first kappa shape index (κ1) is 18.0. The molecule has 1 aromatic carbocycles. The fraction of sp³-hybridized carbons (Fsp3) is 0.500. The standard InChI is InChI=1S/C20H27N5O2/c1-26-16-5-3-4-13(10-16)14-8-15(9-14)23-17-11-25(12-18(17)27-2)19-6-7-22-20(21)24-19/h3-7,10,14-15,17-18,23H,8-9,11-12H2,1-2H3,(H2,21,22,24)/t14?,15?,17-,18+/m0/s1. The van der Waals surface area contributed by atoms with Gasteiger partial charge in [-0.1, -0.05) is 12.1 Å². The molecule has 1 aliphatic carbocycles. The molecular formula is C20H27N5O2. The lowest BCUT2D eigenvalue weighted by atomic mass is 9.75. The molecule has 2 atom stereocenters. The quantitative estimate of drug-likeness (QED) is 0.803. The molecule has 1 saturated heterocycles. The maximum Gasteiger partial charge on any atom is 0.221 e. The molecule has 0 unspecified atom stereocenters. The van der Waals surface area contributed by atoms with Crippen LogP contribution in [0.2, 0.25) is 0 Å². The van der Waals surface area contributed by atoms with E-state index in [1.807, 2.05) is 12.1 Å². The number of nitrogen functional groups attached to an aromatic ring is 1. The minimum absolute atomic E-state index is 0.136. The van der Waals surface area contributed by atoms with Crippen LogP contribution in [-0.4, -0.2) is 55.5 Å². The zero-order valence-corrected chi connectivity index (χ0v) is 15.8. The predicted octanol–water partition coefficient (Wildman–Crippen LogP) is 1.81. The Morgan fingerprint density at radius 1 is 1.19 bits per heavy atom. The first-order chi connectivity index (χ1) is 13.2. The van der Waals surface area contributed by atoms with Crippen molar-refractivity contribution in [2.75, 3.05) is 37.9 Å². The van der Waals surface area contributed by atoms with Gasteiger partial charge in [0.15, 0.2) is 0 Å². The predicted molar refractivity (Wildman–Crippen MR) is 105 cm³/mol. The van der Waals surface area contributed by atoms with E-state index in [9.17, 15) is 0 Å². The summed E-state index contributed by atoms with van der Waals surface area (Å²) in [4.78, 5) is 10.5. The van der Waals surface area contributed by atoms with E-state index >= 15 is 0 Å². The minimum Gasteiger partial charge on any atom is -0.497 e. The van der Waals surface area contributed by atoms with Crippen molar-refractivity contribution < 1.29 is 9.47 Å². The van der Waals surface area contributed by atoms with Gasteiger partial charge in [0.1, 0.15) is 11.6 Å². The van der Waals surface area contributed by atoms with Crippen molar-refractivity contribution in [1.82, 2.24) is 15.3 Å². The molecule has 7 nitrogen and oxygen atoms in total. The number of benzene rings is 1. The average Bonchev–Trinajstić information content (AvgIpc) is 3.07. The summed E-state index contributed by atoms with van der Waals surface area (Å²) >= 11 is 0. The van der Waals surface area contributed by atoms with E-state index in [-0.39, 0.29) is 12.1 Å². The summed E-state index contributed by atoms with van der Waals surface area (Å²) < 4.78 is 11.1. The molecule has 0 radical (unpaired) electrons. The maximum absolute atomic E-state index is 5.73. The van der Waals surface area contributed by atoms with Crippen molar-refractivity contribution >= 4 is 11.8 Å². The summed E-state index contributed by atoms with van der Waals surface area (Å²) in [6.45, 7) is 1.66. The number of ether oxygens (including phenoxy) is 2. The zero-order valence-electron chi connectivity index (χ0n) is 15.8. The van der Waals surface area contributed by atoms with Crippen LogP contribution in [-0.2, 0) is 4.74 Å². The first-order valence-electron chi connectivity index (χ1n) is 9.42. The van der Waals surface area contributed by atoms with Crippen LogP contribution in [0.1, 0.15) is 24.3 Å². The monoisotopic (exact) mass is 369 g/mol. The third-order valence-corrected chi connectivity index (χ3v) is 5.71. The number of anilines is 2. The summed E-state index contributed by atoms with van der Waals surface area (Å²) in [6, 6.07) is 11.1. The van der Waals surface area contributed by atoms with E-state index in [0.717, 1.165) is 37.5 Å². The molecule has 2 heterocycles. The summed E-state index contributed by atoms with van der Waals surface area (Å²) in [5.41, 5.74) is 7.09. The Hall–Kier alpha value is -2.38. The number of nitrogens with one attached hydrogen (secondary N) is 1. The molecular weight excluding hydrogens is 342 g/mol. The summed E-state index contributed by atoms with van der Waals surface area (Å²) in [5.74, 6) is 2.69. The van der Waals surface area contributed by atoms with Gasteiger partial charge in [0, 0.05) is 32.4 Å². The molecule has 1 aliphatic heterocycles. The van der Waals surface area contributed by atoms with Crippen LogP contribution in [0.4, 0.5) is 11.8 Å². The van der Waals surface area contributed by atoms with Crippen molar-refractivity contribution in [3.8, 4) is 5.75 Å². The second-order valence-electron chi connectivity index (χ2n) is 7.37. The van der Waals surface area contributed by atoms with Gasteiger partial charge in [0.25, 0.3) is 0 Å². The van der Waals surface area contributed by atoms with E-state index in [1.54, 1.807) is 20.4 Å². The van der Waals surface area contributed by atoms with E-state index in [1.165, 1.54) is 5.56 Å². The molecule has 1 aromatic heterocycles. The molecule has 0 spiro atoms. The maximum atomic E-state index is 5.73. The molecule has 0 amide bonds. The van der Waals surface area contributed by atoms with Crippen LogP contribution in [0.25, 0.3) is 0 Å². The van der Waals surface area contributed by atoms with E-state index < -0.39 is 0 Å². The highest BCUT2D eigenvalue weighted by atomic mass is 16.5. The molecule has 3 N–H and O–H groups in total. The van der Waals surface area contributed by atoms with Gasteiger partial charge < -0.3 is 25.4 Å². The second kappa shape index (κ2) is 7.70. The van der Waals surface area contributed by atoms with Crippen molar-refractivity contribution in [1.29, 1.82) is 0 Å². The van der Waals surface area contributed by atoms with Crippen molar-refractivity contribution in [3.63, 3.8) is 0 Å². The van der Waals surface area contributed by atoms with Gasteiger partial charge in [-0.15, -0.1) is 0 Å². The van der Waals surface area contributed by atoms with Gasteiger partial charge in [-0.25, -0.2) is 4.98 Å². The highest BCUT2D eigenvalue weighted by molar-refractivity contribution is 5.43. The number of nitrogens with two attached hydrogens (primary N) is 1. The topological polar surface area (TPSA) is 85.5 Å². The third kappa shape index (κ3) is 3.84. The Balaban J connectivity index is 1.34. The Bertz CT molecular complexity index is 780. The minimum atomic E-state index is 0.136. The average molecular weight is 369 g/mol. The van der Waals surface area contributed by atoms with Gasteiger partial charge in [-0.2, -0.15) is 4.98 Å². The smallest absolute Gasteiger partial charge is 0.221 e. The van der Waals surface area contributed by atoms with Gasteiger partial charge >= 0.3 is 0 Å². The van der Waals surface area contributed by atoms with E-state index in [2.05, 4.69) is 38.4 Å². The number of nitrogens with zero attached hydrogens (tertiary/aromatic N) is 3. The molecule has 4 rings (SSSR count). The number of hydrogen-bond acceptors (Lipinski definition) is 7. The lowest BCUT2D eigenvalue weighted by molar-refractivity contribution is 0.0861. The molecule has 2 aliphatic rings. The molecule has 1 saturated carbocycles.